The van der Waals surface area contributed by atoms with Crippen molar-refractivity contribution < 1.29 is 4.79 Å². The fourth-order valence-electron chi connectivity index (χ4n) is 3.68. The first-order chi connectivity index (χ1) is 8.22. The van der Waals surface area contributed by atoms with Gasteiger partial charge in [-0.2, -0.15) is 0 Å². The predicted octanol–water partition coefficient (Wildman–Crippen LogP) is 0.844. The fourth-order valence-corrected chi connectivity index (χ4v) is 3.68. The van der Waals surface area contributed by atoms with Crippen molar-refractivity contribution in [2.45, 2.75) is 57.0 Å². The number of amides is 1. The van der Waals surface area contributed by atoms with E-state index in [1.54, 1.807) is 0 Å². The van der Waals surface area contributed by atoms with Gasteiger partial charge in [0, 0.05) is 25.0 Å². The number of carbonyl (C=O) groups excluding carboxylic acids is 1. The smallest absolute Gasteiger partial charge is 0.219 e. The van der Waals surface area contributed by atoms with Crippen LogP contribution < -0.4 is 11.5 Å². The lowest BCUT2D eigenvalue weighted by Crippen LogP contribution is -2.47. The Morgan fingerprint density at radius 1 is 1.24 bits per heavy atom. The third kappa shape index (κ3) is 2.99. The highest BCUT2D eigenvalue weighted by molar-refractivity contribution is 5.74. The van der Waals surface area contributed by atoms with Crippen LogP contribution in [-0.2, 0) is 4.79 Å². The summed E-state index contributed by atoms with van der Waals surface area (Å²) in [7, 11) is 0. The second-order valence-electron chi connectivity index (χ2n) is 5.55. The molecule has 0 radical (unpaired) electrons. The van der Waals surface area contributed by atoms with Gasteiger partial charge in [-0.1, -0.05) is 12.8 Å². The monoisotopic (exact) mass is 239 g/mol. The minimum absolute atomic E-state index is 0.167. The van der Waals surface area contributed by atoms with E-state index in [2.05, 4.69) is 4.90 Å². The van der Waals surface area contributed by atoms with E-state index in [9.17, 15) is 4.79 Å². The minimum Gasteiger partial charge on any atom is -0.370 e. The molecule has 0 spiro atoms. The first kappa shape index (κ1) is 12.8. The molecule has 1 saturated carbocycles. The summed E-state index contributed by atoms with van der Waals surface area (Å²) < 4.78 is 0. The molecule has 1 heterocycles. The molecule has 0 bridgehead atoms. The Balaban J connectivity index is 1.98. The minimum atomic E-state index is -0.225. The van der Waals surface area contributed by atoms with Crippen LogP contribution >= 0.6 is 0 Å². The lowest BCUT2D eigenvalue weighted by molar-refractivity contribution is -0.119. The zero-order chi connectivity index (χ0) is 12.3. The lowest BCUT2D eigenvalue weighted by Gasteiger charge is -2.35. The molecule has 2 unspecified atom stereocenters. The third-order valence-electron chi connectivity index (χ3n) is 4.46. The summed E-state index contributed by atoms with van der Waals surface area (Å²) in [5.74, 6) is 0.608. The predicted molar refractivity (Wildman–Crippen MR) is 68.3 cm³/mol. The topological polar surface area (TPSA) is 72.3 Å². The van der Waals surface area contributed by atoms with E-state index < -0.39 is 0 Å². The van der Waals surface area contributed by atoms with Crippen LogP contribution in [0.25, 0.3) is 0 Å². The van der Waals surface area contributed by atoms with Gasteiger partial charge in [-0.15, -0.1) is 0 Å². The van der Waals surface area contributed by atoms with Gasteiger partial charge >= 0.3 is 0 Å². The summed E-state index contributed by atoms with van der Waals surface area (Å²) in [6.45, 7) is 1.64. The Labute approximate surface area is 104 Å². The standard InChI is InChI=1S/C13H25N3O/c14-9-11(8-13(15)17)16-7-3-6-12(16)10-4-1-2-5-10/h10-12H,1-9,14H2,(H2,15,17). The quantitative estimate of drug-likeness (QED) is 0.747. The van der Waals surface area contributed by atoms with Crippen LogP contribution in [0.4, 0.5) is 0 Å². The molecular weight excluding hydrogens is 214 g/mol. The molecule has 1 amide bonds. The molecule has 4 N–H and O–H groups in total. The zero-order valence-electron chi connectivity index (χ0n) is 10.6. The summed E-state index contributed by atoms with van der Waals surface area (Å²) in [5, 5.41) is 0. The van der Waals surface area contributed by atoms with Crippen molar-refractivity contribution in [1.82, 2.24) is 4.90 Å². The van der Waals surface area contributed by atoms with Gasteiger partial charge in [0.25, 0.3) is 0 Å². The molecular formula is C13H25N3O. The second-order valence-corrected chi connectivity index (χ2v) is 5.55. The van der Waals surface area contributed by atoms with Gasteiger partial charge in [0.1, 0.15) is 0 Å². The maximum absolute atomic E-state index is 11.1. The van der Waals surface area contributed by atoms with Gasteiger partial charge in [-0.25, -0.2) is 0 Å². The van der Waals surface area contributed by atoms with Crippen LogP contribution in [-0.4, -0.2) is 36.0 Å². The van der Waals surface area contributed by atoms with Crippen LogP contribution in [0.15, 0.2) is 0 Å². The SMILES string of the molecule is NCC(CC(N)=O)N1CCCC1C1CCCC1. The Kier molecular flexibility index (Phi) is 4.40. The van der Waals surface area contributed by atoms with Crippen molar-refractivity contribution in [3.8, 4) is 0 Å². The van der Waals surface area contributed by atoms with Crippen molar-refractivity contribution in [1.29, 1.82) is 0 Å². The number of carbonyl (C=O) groups is 1. The molecule has 17 heavy (non-hydrogen) atoms. The van der Waals surface area contributed by atoms with Gasteiger partial charge in [0.05, 0.1) is 0 Å². The maximum Gasteiger partial charge on any atom is 0.219 e. The van der Waals surface area contributed by atoms with Gasteiger partial charge in [-0.05, 0) is 38.1 Å². The van der Waals surface area contributed by atoms with Crippen molar-refractivity contribution in [3.05, 3.63) is 0 Å². The number of nitrogens with two attached hydrogens (primary N) is 2. The molecule has 0 aromatic carbocycles. The molecule has 2 fully saturated rings. The molecule has 2 atom stereocenters. The summed E-state index contributed by atoms with van der Waals surface area (Å²) in [6, 6.07) is 0.825. The second kappa shape index (κ2) is 5.83. The molecule has 2 rings (SSSR count). The molecule has 4 heteroatoms. The van der Waals surface area contributed by atoms with Crippen LogP contribution in [0.1, 0.15) is 44.9 Å². The Morgan fingerprint density at radius 2 is 1.94 bits per heavy atom. The molecule has 1 aliphatic carbocycles. The summed E-state index contributed by atoms with van der Waals surface area (Å²) in [6.07, 6.45) is 8.40. The summed E-state index contributed by atoms with van der Waals surface area (Å²) >= 11 is 0. The van der Waals surface area contributed by atoms with Crippen molar-refractivity contribution in [2.24, 2.45) is 17.4 Å². The highest BCUT2D eigenvalue weighted by Crippen LogP contribution is 2.36. The van der Waals surface area contributed by atoms with E-state index in [4.69, 9.17) is 11.5 Å². The van der Waals surface area contributed by atoms with E-state index >= 15 is 0 Å². The number of primary amides is 1. The first-order valence-electron chi connectivity index (χ1n) is 6.96. The van der Waals surface area contributed by atoms with E-state index in [0.717, 1.165) is 12.5 Å². The number of hydrogen-bond donors (Lipinski definition) is 2. The Morgan fingerprint density at radius 3 is 2.53 bits per heavy atom. The average molecular weight is 239 g/mol. The summed E-state index contributed by atoms with van der Waals surface area (Å²) in [4.78, 5) is 13.6. The lowest BCUT2D eigenvalue weighted by atomic mass is 9.94. The molecule has 1 saturated heterocycles. The van der Waals surface area contributed by atoms with Crippen LogP contribution in [0.5, 0.6) is 0 Å². The van der Waals surface area contributed by atoms with Crippen LogP contribution in [0, 0.1) is 5.92 Å². The highest BCUT2D eigenvalue weighted by atomic mass is 16.1. The Hall–Kier alpha value is -0.610. The van der Waals surface area contributed by atoms with E-state index in [1.165, 1.54) is 38.5 Å². The number of likely N-dealkylation sites (tertiary alicyclic amines) is 1. The summed E-state index contributed by atoms with van der Waals surface area (Å²) in [5.41, 5.74) is 11.1. The van der Waals surface area contributed by atoms with E-state index in [0.29, 0.717) is 19.0 Å². The average Bonchev–Trinajstić information content (AvgIpc) is 2.94. The van der Waals surface area contributed by atoms with Gasteiger partial charge in [-0.3, -0.25) is 9.69 Å². The fraction of sp³-hybridized carbons (Fsp3) is 0.923. The van der Waals surface area contributed by atoms with Gasteiger partial charge < -0.3 is 11.5 Å². The normalized spacial score (nSPS) is 28.6. The molecule has 1 aliphatic heterocycles. The van der Waals surface area contributed by atoms with Crippen molar-refractivity contribution in [3.63, 3.8) is 0 Å². The zero-order valence-corrected chi connectivity index (χ0v) is 10.6. The molecule has 0 aromatic heterocycles. The van der Waals surface area contributed by atoms with Gasteiger partial charge in [0.15, 0.2) is 0 Å². The maximum atomic E-state index is 11.1. The van der Waals surface area contributed by atoms with Crippen LogP contribution in [0.3, 0.4) is 0 Å². The number of hydrogen-bond acceptors (Lipinski definition) is 3. The van der Waals surface area contributed by atoms with Crippen molar-refractivity contribution >= 4 is 5.91 Å². The number of rotatable bonds is 5. The van der Waals surface area contributed by atoms with E-state index in [1.807, 2.05) is 0 Å². The number of nitrogens with zero attached hydrogens (tertiary/aromatic N) is 1. The highest BCUT2D eigenvalue weighted by Gasteiger charge is 2.36. The molecule has 0 aromatic rings. The van der Waals surface area contributed by atoms with Gasteiger partial charge in [0.2, 0.25) is 5.91 Å². The third-order valence-corrected chi connectivity index (χ3v) is 4.46. The molecule has 4 nitrogen and oxygen atoms in total. The first-order valence-corrected chi connectivity index (χ1v) is 6.96. The van der Waals surface area contributed by atoms with Crippen LogP contribution in [0.2, 0.25) is 0 Å². The Bertz CT molecular complexity index is 263. The molecule has 98 valence electrons. The molecule has 2 aliphatic rings. The largest absolute Gasteiger partial charge is 0.370 e. The van der Waals surface area contributed by atoms with Crippen molar-refractivity contribution in [2.75, 3.05) is 13.1 Å². The van der Waals surface area contributed by atoms with E-state index in [-0.39, 0.29) is 11.9 Å².